The first-order valence-electron chi connectivity index (χ1n) is 13.3. The summed E-state index contributed by atoms with van der Waals surface area (Å²) in [6.45, 7) is -0.0753. The zero-order valence-corrected chi connectivity index (χ0v) is 22.2. The minimum atomic E-state index is -1.04. The molecule has 6 unspecified atom stereocenters. The third-order valence-electron chi connectivity index (χ3n) is 8.70. The number of allylic oxidation sites excluding steroid dienone is 2. The molecule has 212 valence electrons. The Hall–Kier alpha value is -3.73. The summed E-state index contributed by atoms with van der Waals surface area (Å²) in [7, 11) is 0. The summed E-state index contributed by atoms with van der Waals surface area (Å²) in [5.74, 6) is -8.36. The second-order valence-electron chi connectivity index (χ2n) is 10.9. The van der Waals surface area contributed by atoms with E-state index in [1.807, 2.05) is 6.08 Å². The maximum absolute atomic E-state index is 13.7. The highest BCUT2D eigenvalue weighted by atomic mass is 35.5. The number of hydrogen-bond acceptors (Lipinski definition) is 7. The van der Waals surface area contributed by atoms with Gasteiger partial charge in [0.15, 0.2) is 0 Å². The van der Waals surface area contributed by atoms with E-state index in [-0.39, 0.29) is 63.3 Å². The van der Waals surface area contributed by atoms with Crippen LogP contribution in [0, 0.1) is 29.6 Å². The summed E-state index contributed by atoms with van der Waals surface area (Å²) in [4.78, 5) is 78.3. The van der Waals surface area contributed by atoms with E-state index in [1.165, 1.54) is 12.1 Å². The van der Waals surface area contributed by atoms with Crippen LogP contribution in [0.1, 0.15) is 50.0 Å². The number of carbonyl (C=O) groups is 6. The van der Waals surface area contributed by atoms with Crippen LogP contribution in [0.4, 0.5) is 0 Å². The van der Waals surface area contributed by atoms with Gasteiger partial charge in [0, 0.05) is 42.4 Å². The van der Waals surface area contributed by atoms with Crippen molar-refractivity contribution in [2.75, 3.05) is 13.1 Å². The third kappa shape index (κ3) is 4.66. The quantitative estimate of drug-likeness (QED) is 0.297. The number of carboxylic acid groups (broad SMARTS) is 2. The summed E-state index contributed by atoms with van der Waals surface area (Å²) in [5.41, 5.74) is 1.04. The lowest BCUT2D eigenvalue weighted by Crippen LogP contribution is -2.43. The van der Waals surface area contributed by atoms with Crippen LogP contribution in [-0.4, -0.2) is 73.8 Å². The molecule has 2 heterocycles. The number of hydrogen-bond donors (Lipinski definition) is 3. The second kappa shape index (κ2) is 10.7. The first-order valence-corrected chi connectivity index (χ1v) is 13.7. The van der Waals surface area contributed by atoms with Gasteiger partial charge in [-0.1, -0.05) is 23.3 Å². The number of nitrogens with zero attached hydrogens (tertiary/aromatic N) is 2. The molecule has 0 bridgehead atoms. The van der Waals surface area contributed by atoms with Crippen molar-refractivity contribution in [3.8, 4) is 5.75 Å². The minimum Gasteiger partial charge on any atom is -0.508 e. The van der Waals surface area contributed by atoms with Gasteiger partial charge in [-0.2, -0.15) is 0 Å². The Morgan fingerprint density at radius 1 is 0.825 bits per heavy atom. The van der Waals surface area contributed by atoms with Crippen molar-refractivity contribution >= 4 is 47.2 Å². The topological polar surface area (TPSA) is 170 Å². The van der Waals surface area contributed by atoms with Crippen LogP contribution in [-0.2, 0) is 28.8 Å². The second-order valence-corrected chi connectivity index (χ2v) is 11.3. The van der Waals surface area contributed by atoms with Crippen LogP contribution in [0.2, 0.25) is 5.02 Å². The number of benzene rings is 1. The molecule has 1 aromatic rings. The highest BCUT2D eigenvalue weighted by molar-refractivity contribution is 6.30. The van der Waals surface area contributed by atoms with Gasteiger partial charge in [0.1, 0.15) is 5.75 Å². The maximum Gasteiger partial charge on any atom is 0.303 e. The first kappa shape index (κ1) is 27.8. The van der Waals surface area contributed by atoms with Crippen molar-refractivity contribution in [3.05, 3.63) is 40.4 Å². The van der Waals surface area contributed by atoms with E-state index in [0.717, 1.165) is 9.80 Å². The maximum atomic E-state index is 13.7. The Morgan fingerprint density at radius 2 is 1.40 bits per heavy atom. The van der Waals surface area contributed by atoms with Crippen molar-refractivity contribution in [2.24, 2.45) is 29.6 Å². The number of phenols is 1. The van der Waals surface area contributed by atoms with Gasteiger partial charge in [0.25, 0.3) is 0 Å². The normalized spacial score (nSPS) is 29.3. The standard InChI is InChI=1S/C28H29ClN2O9/c29-13-5-8-19(32)17(11-13)22-14-6-7-15-23(27(39)30(25(15)37)9-1-3-20(33)34)16(14)12-18-24(22)28(40)31(26(18)38)10-2-4-21(35)36/h5-6,8,11,15-16,18,22-24,32H,1-4,7,9-10,12H2,(H,33,34)(H,35,36). The van der Waals surface area contributed by atoms with Gasteiger partial charge >= 0.3 is 11.9 Å². The molecule has 0 aromatic heterocycles. The van der Waals surface area contributed by atoms with E-state index in [4.69, 9.17) is 21.8 Å². The van der Waals surface area contributed by atoms with E-state index < -0.39 is 65.2 Å². The predicted molar refractivity (Wildman–Crippen MR) is 138 cm³/mol. The highest BCUT2D eigenvalue weighted by Gasteiger charge is 2.62. The van der Waals surface area contributed by atoms with Crippen molar-refractivity contribution in [1.29, 1.82) is 0 Å². The van der Waals surface area contributed by atoms with E-state index in [2.05, 4.69) is 0 Å². The van der Waals surface area contributed by atoms with Gasteiger partial charge in [0.2, 0.25) is 23.6 Å². The van der Waals surface area contributed by atoms with Crippen LogP contribution in [0.3, 0.4) is 0 Å². The average molecular weight is 573 g/mol. The Morgan fingerprint density at radius 3 is 2.00 bits per heavy atom. The molecule has 3 N–H and O–H groups in total. The van der Waals surface area contributed by atoms with Crippen LogP contribution in [0.25, 0.3) is 0 Å². The molecule has 4 amide bonds. The third-order valence-corrected chi connectivity index (χ3v) is 8.94. The average Bonchev–Trinajstić information content (AvgIpc) is 3.28. The molecule has 2 aliphatic heterocycles. The monoisotopic (exact) mass is 572 g/mol. The number of carbonyl (C=O) groups excluding carboxylic acids is 4. The molecule has 6 atom stereocenters. The van der Waals surface area contributed by atoms with Crippen molar-refractivity contribution in [1.82, 2.24) is 9.80 Å². The van der Waals surface area contributed by atoms with Crippen LogP contribution in [0.15, 0.2) is 29.8 Å². The number of fused-ring (bicyclic) bond motifs is 4. The summed E-state index contributed by atoms with van der Waals surface area (Å²) < 4.78 is 0. The van der Waals surface area contributed by atoms with Crippen molar-refractivity contribution in [2.45, 2.75) is 44.4 Å². The van der Waals surface area contributed by atoms with E-state index in [0.29, 0.717) is 16.2 Å². The number of imide groups is 2. The van der Waals surface area contributed by atoms with Gasteiger partial charge in [-0.25, -0.2) is 0 Å². The SMILES string of the molecule is O=C(O)CCCN1C(=O)C2CC=C3C(CC4C(=O)N(CCCC(=O)O)C(=O)C4C3c3cc(Cl)ccc3O)C2C1=O. The number of amides is 4. The fourth-order valence-electron chi connectivity index (χ4n) is 7.06. The van der Waals surface area contributed by atoms with Gasteiger partial charge < -0.3 is 15.3 Å². The number of aromatic hydroxyl groups is 1. The van der Waals surface area contributed by atoms with Gasteiger partial charge in [-0.05, 0) is 49.8 Å². The van der Waals surface area contributed by atoms with Gasteiger partial charge in [-0.15, -0.1) is 0 Å². The van der Waals surface area contributed by atoms with Crippen LogP contribution >= 0.6 is 11.6 Å². The predicted octanol–water partition coefficient (Wildman–Crippen LogP) is 2.41. The van der Waals surface area contributed by atoms with E-state index in [9.17, 15) is 33.9 Å². The fraction of sp³-hybridized carbons (Fsp3) is 0.500. The van der Waals surface area contributed by atoms with Crippen LogP contribution < -0.4 is 0 Å². The summed E-state index contributed by atoms with van der Waals surface area (Å²) in [6.07, 6.45) is 2.04. The van der Waals surface area contributed by atoms with Crippen molar-refractivity contribution in [3.63, 3.8) is 0 Å². The summed E-state index contributed by atoms with van der Waals surface area (Å²) >= 11 is 6.27. The van der Waals surface area contributed by atoms with E-state index >= 15 is 0 Å². The first-order chi connectivity index (χ1) is 19.0. The number of carboxylic acids is 2. The summed E-state index contributed by atoms with van der Waals surface area (Å²) in [5, 5.41) is 29.2. The highest BCUT2D eigenvalue weighted by Crippen LogP contribution is 2.58. The zero-order valence-electron chi connectivity index (χ0n) is 21.5. The molecular formula is C28H29ClN2O9. The smallest absolute Gasteiger partial charge is 0.303 e. The lowest BCUT2D eigenvalue weighted by Gasteiger charge is -2.44. The molecule has 2 saturated heterocycles. The molecule has 11 nitrogen and oxygen atoms in total. The number of rotatable bonds is 9. The lowest BCUT2D eigenvalue weighted by atomic mass is 9.57. The molecule has 0 spiro atoms. The molecule has 2 aliphatic carbocycles. The molecule has 1 aromatic carbocycles. The molecule has 1 saturated carbocycles. The zero-order chi connectivity index (χ0) is 28.9. The minimum absolute atomic E-state index is 0.0155. The number of halogens is 1. The summed E-state index contributed by atoms with van der Waals surface area (Å²) in [6, 6.07) is 4.44. The Bertz CT molecular complexity index is 1340. The van der Waals surface area contributed by atoms with E-state index in [1.54, 1.807) is 6.07 Å². The molecule has 5 rings (SSSR count). The Balaban J connectivity index is 1.52. The lowest BCUT2D eigenvalue weighted by molar-refractivity contribution is -0.143. The Labute approximate surface area is 234 Å². The van der Waals surface area contributed by atoms with Gasteiger partial charge in [-0.3, -0.25) is 38.6 Å². The molecule has 3 fully saturated rings. The van der Waals surface area contributed by atoms with Crippen LogP contribution in [0.5, 0.6) is 5.75 Å². The number of likely N-dealkylation sites (tertiary alicyclic amines) is 2. The largest absolute Gasteiger partial charge is 0.508 e. The molecule has 4 aliphatic rings. The molecule has 40 heavy (non-hydrogen) atoms. The molecule has 0 radical (unpaired) electrons. The van der Waals surface area contributed by atoms with Crippen molar-refractivity contribution < 1.29 is 44.1 Å². The number of aliphatic carboxylic acids is 2. The van der Waals surface area contributed by atoms with Gasteiger partial charge in [0.05, 0.1) is 23.7 Å². The molecular weight excluding hydrogens is 544 g/mol. The Kier molecular flexibility index (Phi) is 7.43. The molecule has 12 heteroatoms. The number of phenolic OH excluding ortho intramolecular Hbond substituents is 1. The fourth-order valence-corrected chi connectivity index (χ4v) is 7.24.